The zero-order valence-electron chi connectivity index (χ0n) is 16.1. The molecule has 0 aromatic heterocycles. The molecule has 4 heteroatoms. The molecule has 1 amide bonds. The Labute approximate surface area is 169 Å². The van der Waals surface area contributed by atoms with E-state index < -0.39 is 0 Å². The Balaban J connectivity index is 1.47. The summed E-state index contributed by atoms with van der Waals surface area (Å²) in [4.78, 5) is 17.8. The molecule has 0 unspecified atom stereocenters. The normalized spacial score (nSPS) is 14.5. The first-order chi connectivity index (χ1) is 14.2. The van der Waals surface area contributed by atoms with E-state index in [1.54, 1.807) is 12.1 Å². The highest BCUT2D eigenvalue weighted by molar-refractivity contribution is 6.18. The quantitative estimate of drug-likeness (QED) is 0.513. The number of rotatable bonds is 2. The number of carbonyl (C=O) groups excluding carboxylic acids is 1. The SMILES string of the molecule is O=C(c1c2ccccc2cc2ccccc12)N1CCN(c2cccc(O)c2)CC1. The Bertz CT molecular complexity index is 1160. The van der Waals surface area contributed by atoms with E-state index in [0.717, 1.165) is 45.9 Å². The van der Waals surface area contributed by atoms with E-state index in [2.05, 4.69) is 23.1 Å². The molecule has 1 N–H and O–H groups in total. The molecule has 29 heavy (non-hydrogen) atoms. The number of benzene rings is 4. The second kappa shape index (κ2) is 7.13. The topological polar surface area (TPSA) is 43.8 Å². The fraction of sp³-hybridized carbons (Fsp3) is 0.160. The molecule has 1 aliphatic rings. The van der Waals surface area contributed by atoms with Crippen molar-refractivity contribution in [1.82, 2.24) is 4.90 Å². The van der Waals surface area contributed by atoms with Crippen molar-refractivity contribution in [2.45, 2.75) is 0 Å². The molecule has 144 valence electrons. The first kappa shape index (κ1) is 17.6. The van der Waals surface area contributed by atoms with Crippen LogP contribution in [0.25, 0.3) is 21.5 Å². The average Bonchev–Trinajstić information content (AvgIpc) is 2.77. The van der Waals surface area contributed by atoms with Crippen molar-refractivity contribution < 1.29 is 9.90 Å². The number of hydrogen-bond acceptors (Lipinski definition) is 3. The van der Waals surface area contributed by atoms with E-state index in [4.69, 9.17) is 0 Å². The van der Waals surface area contributed by atoms with Gasteiger partial charge in [0.15, 0.2) is 0 Å². The lowest BCUT2D eigenvalue weighted by Gasteiger charge is -2.36. The van der Waals surface area contributed by atoms with Gasteiger partial charge in [-0.3, -0.25) is 4.79 Å². The highest BCUT2D eigenvalue weighted by Gasteiger charge is 2.25. The Morgan fingerprint density at radius 1 is 0.724 bits per heavy atom. The summed E-state index contributed by atoms with van der Waals surface area (Å²) >= 11 is 0. The summed E-state index contributed by atoms with van der Waals surface area (Å²) in [7, 11) is 0. The van der Waals surface area contributed by atoms with Crippen LogP contribution < -0.4 is 4.90 Å². The maximum atomic E-state index is 13.6. The van der Waals surface area contributed by atoms with E-state index in [-0.39, 0.29) is 11.7 Å². The van der Waals surface area contributed by atoms with Gasteiger partial charge in [0.1, 0.15) is 5.75 Å². The van der Waals surface area contributed by atoms with Gasteiger partial charge in [-0.15, -0.1) is 0 Å². The first-order valence-electron chi connectivity index (χ1n) is 9.94. The number of phenols is 1. The predicted molar refractivity (Wildman–Crippen MR) is 118 cm³/mol. The molecule has 0 atom stereocenters. The van der Waals surface area contributed by atoms with Crippen molar-refractivity contribution >= 4 is 33.1 Å². The lowest BCUT2D eigenvalue weighted by Crippen LogP contribution is -2.48. The van der Waals surface area contributed by atoms with Gasteiger partial charge in [-0.1, -0.05) is 54.6 Å². The summed E-state index contributed by atoms with van der Waals surface area (Å²) in [6.45, 7) is 2.81. The maximum Gasteiger partial charge on any atom is 0.255 e. The third-order valence-electron chi connectivity index (χ3n) is 5.75. The monoisotopic (exact) mass is 382 g/mol. The minimum atomic E-state index is 0.0913. The molecular weight excluding hydrogens is 360 g/mol. The van der Waals surface area contributed by atoms with Crippen LogP contribution in [0.15, 0.2) is 78.9 Å². The lowest BCUT2D eigenvalue weighted by atomic mass is 9.95. The van der Waals surface area contributed by atoms with Crippen molar-refractivity contribution in [1.29, 1.82) is 0 Å². The molecule has 0 aliphatic carbocycles. The van der Waals surface area contributed by atoms with E-state index in [0.29, 0.717) is 13.1 Å². The smallest absolute Gasteiger partial charge is 0.255 e. The molecule has 1 aliphatic heterocycles. The van der Waals surface area contributed by atoms with Crippen molar-refractivity contribution in [3.8, 4) is 5.75 Å². The van der Waals surface area contributed by atoms with E-state index in [9.17, 15) is 9.90 Å². The van der Waals surface area contributed by atoms with Crippen LogP contribution >= 0.6 is 0 Å². The zero-order valence-corrected chi connectivity index (χ0v) is 16.1. The van der Waals surface area contributed by atoms with Crippen LogP contribution in [0.3, 0.4) is 0 Å². The van der Waals surface area contributed by atoms with Crippen molar-refractivity contribution in [3.63, 3.8) is 0 Å². The fourth-order valence-electron chi connectivity index (χ4n) is 4.26. The van der Waals surface area contributed by atoms with Crippen LogP contribution in [0, 0.1) is 0 Å². The second-order valence-electron chi connectivity index (χ2n) is 7.49. The Kier molecular flexibility index (Phi) is 4.32. The van der Waals surface area contributed by atoms with Gasteiger partial charge < -0.3 is 14.9 Å². The molecule has 1 fully saturated rings. The van der Waals surface area contributed by atoms with Gasteiger partial charge in [-0.05, 0) is 39.7 Å². The largest absolute Gasteiger partial charge is 0.508 e. The average molecular weight is 382 g/mol. The summed E-state index contributed by atoms with van der Waals surface area (Å²) in [5, 5.41) is 13.9. The third kappa shape index (κ3) is 3.17. The zero-order chi connectivity index (χ0) is 19.8. The van der Waals surface area contributed by atoms with Gasteiger partial charge in [0, 0.05) is 37.9 Å². The molecular formula is C25H22N2O2. The number of nitrogens with zero attached hydrogens (tertiary/aromatic N) is 2. The van der Waals surface area contributed by atoms with Gasteiger partial charge in [0.05, 0.1) is 5.56 Å². The fourth-order valence-corrected chi connectivity index (χ4v) is 4.26. The molecule has 1 saturated heterocycles. The number of aromatic hydroxyl groups is 1. The lowest BCUT2D eigenvalue weighted by molar-refractivity contribution is 0.0750. The minimum absolute atomic E-state index is 0.0913. The van der Waals surface area contributed by atoms with Crippen LogP contribution in [-0.2, 0) is 0 Å². The summed E-state index contributed by atoms with van der Waals surface area (Å²) in [5.74, 6) is 0.358. The van der Waals surface area contributed by atoms with Crippen LogP contribution in [0.2, 0.25) is 0 Å². The molecule has 5 rings (SSSR count). The number of hydrogen-bond donors (Lipinski definition) is 1. The van der Waals surface area contributed by atoms with Gasteiger partial charge in [0.2, 0.25) is 0 Å². The van der Waals surface area contributed by atoms with E-state index in [1.807, 2.05) is 53.4 Å². The standard InChI is InChI=1S/C25H22N2O2/c28-21-9-5-8-20(17-21)26-12-14-27(15-13-26)25(29)24-22-10-3-1-6-18(22)16-19-7-2-4-11-23(19)24/h1-11,16-17,28H,12-15H2. The maximum absolute atomic E-state index is 13.6. The first-order valence-corrected chi connectivity index (χ1v) is 9.94. The van der Waals surface area contributed by atoms with Gasteiger partial charge in [-0.25, -0.2) is 0 Å². The van der Waals surface area contributed by atoms with Crippen molar-refractivity contribution in [2.75, 3.05) is 31.1 Å². The van der Waals surface area contributed by atoms with Crippen molar-refractivity contribution in [2.24, 2.45) is 0 Å². The number of amides is 1. The van der Waals surface area contributed by atoms with Gasteiger partial charge >= 0.3 is 0 Å². The molecule has 0 spiro atoms. The van der Waals surface area contributed by atoms with Gasteiger partial charge in [-0.2, -0.15) is 0 Å². The minimum Gasteiger partial charge on any atom is -0.508 e. The number of carbonyl (C=O) groups is 1. The number of fused-ring (bicyclic) bond motifs is 2. The molecule has 4 aromatic rings. The molecule has 0 saturated carbocycles. The Morgan fingerprint density at radius 2 is 1.34 bits per heavy atom. The molecule has 0 radical (unpaired) electrons. The summed E-state index contributed by atoms with van der Waals surface area (Å²) in [6.07, 6.45) is 0. The van der Waals surface area contributed by atoms with E-state index >= 15 is 0 Å². The van der Waals surface area contributed by atoms with Crippen LogP contribution in [-0.4, -0.2) is 42.1 Å². The number of anilines is 1. The Hall–Kier alpha value is -3.53. The third-order valence-corrected chi connectivity index (χ3v) is 5.75. The van der Waals surface area contributed by atoms with Crippen LogP contribution in [0.5, 0.6) is 5.75 Å². The number of piperazine rings is 1. The highest BCUT2D eigenvalue weighted by Crippen LogP contribution is 2.30. The Morgan fingerprint density at radius 3 is 1.97 bits per heavy atom. The summed E-state index contributed by atoms with van der Waals surface area (Å²) < 4.78 is 0. The van der Waals surface area contributed by atoms with Crippen LogP contribution in [0.4, 0.5) is 5.69 Å². The molecule has 0 bridgehead atoms. The number of phenolic OH excluding ortho intramolecular Hbond substituents is 1. The van der Waals surface area contributed by atoms with Crippen LogP contribution in [0.1, 0.15) is 10.4 Å². The molecule has 4 aromatic carbocycles. The summed E-state index contributed by atoms with van der Waals surface area (Å²) in [6, 6.07) is 25.7. The second-order valence-corrected chi connectivity index (χ2v) is 7.49. The highest BCUT2D eigenvalue weighted by atomic mass is 16.3. The molecule has 1 heterocycles. The predicted octanol–water partition coefficient (Wildman–Crippen LogP) is 4.66. The van der Waals surface area contributed by atoms with E-state index in [1.165, 1.54) is 0 Å². The summed E-state index contributed by atoms with van der Waals surface area (Å²) in [5.41, 5.74) is 1.79. The molecule has 4 nitrogen and oxygen atoms in total. The van der Waals surface area contributed by atoms with Crippen molar-refractivity contribution in [3.05, 3.63) is 84.4 Å². The van der Waals surface area contributed by atoms with Gasteiger partial charge in [0.25, 0.3) is 5.91 Å².